The molecule has 1 aromatic heterocycles. The van der Waals surface area contributed by atoms with Crippen LogP contribution in [0.5, 0.6) is 0 Å². The van der Waals surface area contributed by atoms with Crippen LogP contribution in [0.4, 0.5) is 5.82 Å². The summed E-state index contributed by atoms with van der Waals surface area (Å²) in [6, 6.07) is 3.51. The van der Waals surface area contributed by atoms with Gasteiger partial charge < -0.3 is 10.6 Å². The number of nitrogens with zero attached hydrogens (tertiary/aromatic N) is 2. The van der Waals surface area contributed by atoms with E-state index in [9.17, 15) is 4.79 Å². The summed E-state index contributed by atoms with van der Waals surface area (Å²) in [4.78, 5) is 12.0. The number of hydrogen-bond donors (Lipinski definition) is 2. The highest BCUT2D eigenvalue weighted by atomic mass is 16.1. The molecule has 1 heterocycles. The number of anilines is 1. The van der Waals surface area contributed by atoms with Crippen LogP contribution in [0.3, 0.4) is 0 Å². The number of nitrogens with one attached hydrogen (secondary N) is 2. The number of carbonyl (C=O) groups is 1. The zero-order chi connectivity index (χ0) is 15.8. The molecule has 0 atom stereocenters. The Balaban J connectivity index is 1.75. The highest BCUT2D eigenvalue weighted by molar-refractivity contribution is 5.92. The predicted octanol–water partition coefficient (Wildman–Crippen LogP) is 3.16. The molecule has 0 bridgehead atoms. The van der Waals surface area contributed by atoms with Gasteiger partial charge in [-0.1, -0.05) is 25.5 Å². The van der Waals surface area contributed by atoms with E-state index in [0.29, 0.717) is 24.0 Å². The standard InChI is InChI=1S/C17H26N4O/c1-13(2)12-19-16-9-8-15(20-21-16)17(22)18-11-10-14-6-4-3-5-7-14/h6,8-9,13H,3-5,7,10-12H2,1-2H3,(H,18,22)(H,19,21). The number of rotatable bonds is 7. The van der Waals surface area contributed by atoms with Crippen LogP contribution in [0.15, 0.2) is 23.8 Å². The Hall–Kier alpha value is -1.91. The highest BCUT2D eigenvalue weighted by Crippen LogP contribution is 2.19. The lowest BCUT2D eigenvalue weighted by molar-refractivity contribution is 0.0948. The van der Waals surface area contributed by atoms with Gasteiger partial charge >= 0.3 is 0 Å². The minimum atomic E-state index is -0.153. The number of amides is 1. The SMILES string of the molecule is CC(C)CNc1ccc(C(=O)NCCC2=CCCCC2)nn1. The van der Waals surface area contributed by atoms with E-state index in [1.165, 1.54) is 31.3 Å². The molecule has 0 fully saturated rings. The minimum absolute atomic E-state index is 0.153. The number of carbonyl (C=O) groups excluding carboxylic acids is 1. The van der Waals surface area contributed by atoms with Crippen molar-refractivity contribution < 1.29 is 4.79 Å². The molecule has 0 aliphatic heterocycles. The second-order valence-corrected chi connectivity index (χ2v) is 6.19. The van der Waals surface area contributed by atoms with Gasteiger partial charge in [0.25, 0.3) is 5.91 Å². The van der Waals surface area contributed by atoms with Crippen LogP contribution in [0.2, 0.25) is 0 Å². The smallest absolute Gasteiger partial charge is 0.271 e. The molecular weight excluding hydrogens is 276 g/mol. The molecule has 22 heavy (non-hydrogen) atoms. The summed E-state index contributed by atoms with van der Waals surface area (Å²) in [5.74, 6) is 1.09. The van der Waals surface area contributed by atoms with E-state index < -0.39 is 0 Å². The van der Waals surface area contributed by atoms with Crippen molar-refractivity contribution in [2.24, 2.45) is 5.92 Å². The molecule has 5 nitrogen and oxygen atoms in total. The Labute approximate surface area is 132 Å². The largest absolute Gasteiger partial charge is 0.368 e. The third-order valence-electron chi connectivity index (χ3n) is 3.71. The van der Waals surface area contributed by atoms with Crippen LogP contribution in [-0.4, -0.2) is 29.2 Å². The number of allylic oxidation sites excluding steroid dienone is 1. The van der Waals surface area contributed by atoms with Crippen LogP contribution < -0.4 is 10.6 Å². The summed E-state index contributed by atoms with van der Waals surface area (Å²) >= 11 is 0. The fourth-order valence-corrected chi connectivity index (χ4v) is 2.42. The minimum Gasteiger partial charge on any atom is -0.368 e. The molecule has 0 saturated heterocycles. The molecule has 0 aromatic carbocycles. The topological polar surface area (TPSA) is 66.9 Å². The monoisotopic (exact) mass is 302 g/mol. The third-order valence-corrected chi connectivity index (χ3v) is 3.71. The van der Waals surface area contributed by atoms with E-state index in [1.54, 1.807) is 12.1 Å². The van der Waals surface area contributed by atoms with Crippen LogP contribution >= 0.6 is 0 Å². The van der Waals surface area contributed by atoms with Crippen molar-refractivity contribution in [1.29, 1.82) is 0 Å². The lowest BCUT2D eigenvalue weighted by Crippen LogP contribution is -2.26. The Morgan fingerprint density at radius 1 is 1.27 bits per heavy atom. The average molecular weight is 302 g/mol. The quantitative estimate of drug-likeness (QED) is 0.759. The lowest BCUT2D eigenvalue weighted by Gasteiger charge is -2.12. The van der Waals surface area contributed by atoms with Crippen molar-refractivity contribution in [2.45, 2.75) is 46.0 Å². The molecule has 0 unspecified atom stereocenters. The molecular formula is C17H26N4O. The third kappa shape index (κ3) is 5.47. The molecule has 120 valence electrons. The van der Waals surface area contributed by atoms with E-state index >= 15 is 0 Å². The molecule has 1 aliphatic carbocycles. The van der Waals surface area contributed by atoms with Gasteiger partial charge in [-0.15, -0.1) is 10.2 Å². The zero-order valence-corrected chi connectivity index (χ0v) is 13.6. The Morgan fingerprint density at radius 2 is 2.14 bits per heavy atom. The van der Waals surface area contributed by atoms with Crippen LogP contribution in [0.1, 0.15) is 56.4 Å². The summed E-state index contributed by atoms with van der Waals surface area (Å²) in [7, 11) is 0. The second kappa shape index (κ2) is 8.51. The molecule has 2 rings (SSSR count). The molecule has 0 spiro atoms. The van der Waals surface area contributed by atoms with E-state index in [0.717, 1.165) is 13.0 Å². The second-order valence-electron chi connectivity index (χ2n) is 6.19. The number of hydrogen-bond acceptors (Lipinski definition) is 4. The van der Waals surface area contributed by atoms with E-state index in [2.05, 4.69) is 40.8 Å². The fraction of sp³-hybridized carbons (Fsp3) is 0.588. The van der Waals surface area contributed by atoms with Crippen molar-refractivity contribution in [3.05, 3.63) is 29.5 Å². The van der Waals surface area contributed by atoms with E-state index in [-0.39, 0.29) is 5.91 Å². The van der Waals surface area contributed by atoms with Crippen molar-refractivity contribution >= 4 is 11.7 Å². The van der Waals surface area contributed by atoms with Gasteiger partial charge in [0, 0.05) is 13.1 Å². The Bertz CT molecular complexity index is 508. The van der Waals surface area contributed by atoms with Gasteiger partial charge in [0.05, 0.1) is 0 Å². The summed E-state index contributed by atoms with van der Waals surface area (Å²) in [6.45, 7) is 5.77. The maximum Gasteiger partial charge on any atom is 0.271 e. The van der Waals surface area contributed by atoms with Crippen molar-refractivity contribution in [2.75, 3.05) is 18.4 Å². The van der Waals surface area contributed by atoms with E-state index in [4.69, 9.17) is 0 Å². The van der Waals surface area contributed by atoms with Gasteiger partial charge in [-0.3, -0.25) is 4.79 Å². The molecule has 0 saturated carbocycles. The molecule has 2 N–H and O–H groups in total. The molecule has 1 amide bonds. The Morgan fingerprint density at radius 3 is 2.77 bits per heavy atom. The number of aromatic nitrogens is 2. The fourth-order valence-electron chi connectivity index (χ4n) is 2.42. The first-order valence-electron chi connectivity index (χ1n) is 8.19. The van der Waals surface area contributed by atoms with Gasteiger partial charge in [0.1, 0.15) is 5.82 Å². The van der Waals surface area contributed by atoms with Gasteiger partial charge in [-0.2, -0.15) is 0 Å². The average Bonchev–Trinajstić information content (AvgIpc) is 2.54. The summed E-state index contributed by atoms with van der Waals surface area (Å²) in [6.07, 6.45) is 8.17. The first-order chi connectivity index (χ1) is 10.6. The summed E-state index contributed by atoms with van der Waals surface area (Å²) in [5, 5.41) is 14.1. The first-order valence-corrected chi connectivity index (χ1v) is 8.19. The summed E-state index contributed by atoms with van der Waals surface area (Å²) in [5.41, 5.74) is 1.83. The van der Waals surface area contributed by atoms with Gasteiger partial charge in [0.15, 0.2) is 5.69 Å². The summed E-state index contributed by atoms with van der Waals surface area (Å²) < 4.78 is 0. The zero-order valence-electron chi connectivity index (χ0n) is 13.6. The maximum absolute atomic E-state index is 12.0. The van der Waals surface area contributed by atoms with Crippen molar-refractivity contribution in [3.63, 3.8) is 0 Å². The van der Waals surface area contributed by atoms with Gasteiger partial charge in [-0.05, 0) is 50.2 Å². The predicted molar refractivity (Wildman–Crippen MR) is 88.9 cm³/mol. The molecule has 5 heteroatoms. The van der Waals surface area contributed by atoms with Crippen LogP contribution in [0, 0.1) is 5.92 Å². The molecule has 1 aliphatic rings. The lowest BCUT2D eigenvalue weighted by atomic mass is 9.97. The van der Waals surface area contributed by atoms with Gasteiger partial charge in [0.2, 0.25) is 0 Å². The highest BCUT2D eigenvalue weighted by Gasteiger charge is 2.09. The van der Waals surface area contributed by atoms with Crippen LogP contribution in [-0.2, 0) is 0 Å². The van der Waals surface area contributed by atoms with Crippen molar-refractivity contribution in [3.8, 4) is 0 Å². The normalized spacial score (nSPS) is 14.6. The Kier molecular flexibility index (Phi) is 6.37. The molecule has 1 aromatic rings. The van der Waals surface area contributed by atoms with Crippen LogP contribution in [0.25, 0.3) is 0 Å². The molecule has 0 radical (unpaired) electrons. The first kappa shape index (κ1) is 16.5. The maximum atomic E-state index is 12.0. The van der Waals surface area contributed by atoms with Crippen molar-refractivity contribution in [1.82, 2.24) is 15.5 Å². The van der Waals surface area contributed by atoms with E-state index in [1.807, 2.05) is 0 Å². The van der Waals surface area contributed by atoms with Gasteiger partial charge in [-0.25, -0.2) is 0 Å².